The summed E-state index contributed by atoms with van der Waals surface area (Å²) in [5.41, 5.74) is 6.64. The molecule has 15 heavy (non-hydrogen) atoms. The molecule has 0 spiro atoms. The maximum Gasteiger partial charge on any atom is 0.146 e. The van der Waals surface area contributed by atoms with Gasteiger partial charge in [0.15, 0.2) is 0 Å². The van der Waals surface area contributed by atoms with Gasteiger partial charge in [0, 0.05) is 11.6 Å². The molecule has 0 radical (unpaired) electrons. The number of nitrogens with two attached hydrogens (primary N) is 1. The van der Waals surface area contributed by atoms with E-state index in [2.05, 4.69) is 0 Å². The van der Waals surface area contributed by atoms with Crippen LogP contribution < -0.4 is 5.73 Å². The lowest BCUT2D eigenvalue weighted by atomic mass is 9.92. The standard InChI is InChI=1S/C12H15ClFN/c13-10-7-3-6-9(11(10)14)12(15)8-4-1-2-5-8/h3,6-8,12H,1-2,4-5,15H2/t12-/m1/s1. The highest BCUT2D eigenvalue weighted by molar-refractivity contribution is 6.30. The van der Waals surface area contributed by atoms with Crippen molar-refractivity contribution in [3.8, 4) is 0 Å². The normalized spacial score (nSPS) is 19.4. The van der Waals surface area contributed by atoms with Gasteiger partial charge in [-0.15, -0.1) is 0 Å². The molecule has 1 aliphatic carbocycles. The van der Waals surface area contributed by atoms with Crippen LogP contribution >= 0.6 is 11.6 Å². The van der Waals surface area contributed by atoms with Crippen LogP contribution in [0.15, 0.2) is 18.2 Å². The Morgan fingerprint density at radius 3 is 2.67 bits per heavy atom. The second-order valence-electron chi connectivity index (χ2n) is 4.21. The Morgan fingerprint density at radius 2 is 2.00 bits per heavy atom. The van der Waals surface area contributed by atoms with Gasteiger partial charge in [-0.1, -0.05) is 36.6 Å². The number of hydrogen-bond donors (Lipinski definition) is 1. The quantitative estimate of drug-likeness (QED) is 0.820. The molecule has 0 heterocycles. The summed E-state index contributed by atoms with van der Waals surface area (Å²) in [6, 6.07) is 4.85. The first-order valence-corrected chi connectivity index (χ1v) is 5.77. The van der Waals surface area contributed by atoms with E-state index in [4.69, 9.17) is 17.3 Å². The van der Waals surface area contributed by atoms with Gasteiger partial charge in [0.1, 0.15) is 5.82 Å². The largest absolute Gasteiger partial charge is 0.324 e. The van der Waals surface area contributed by atoms with Crippen LogP contribution in [0.25, 0.3) is 0 Å². The van der Waals surface area contributed by atoms with Crippen molar-refractivity contribution in [1.82, 2.24) is 0 Å². The van der Waals surface area contributed by atoms with E-state index in [1.807, 2.05) is 0 Å². The van der Waals surface area contributed by atoms with Crippen molar-refractivity contribution < 1.29 is 4.39 Å². The van der Waals surface area contributed by atoms with Crippen LogP contribution in [0, 0.1) is 11.7 Å². The van der Waals surface area contributed by atoms with Gasteiger partial charge in [0.25, 0.3) is 0 Å². The smallest absolute Gasteiger partial charge is 0.146 e. The second kappa shape index (κ2) is 4.50. The summed E-state index contributed by atoms with van der Waals surface area (Å²) >= 11 is 5.73. The molecule has 1 aromatic rings. The number of rotatable bonds is 2. The van der Waals surface area contributed by atoms with Gasteiger partial charge >= 0.3 is 0 Å². The first kappa shape index (κ1) is 10.9. The Labute approximate surface area is 94.4 Å². The maximum atomic E-state index is 13.7. The number of halogens is 2. The molecule has 0 bridgehead atoms. The predicted molar refractivity (Wildman–Crippen MR) is 60.3 cm³/mol. The summed E-state index contributed by atoms with van der Waals surface area (Å²) in [6.07, 6.45) is 4.63. The van der Waals surface area contributed by atoms with Gasteiger partial charge in [0.2, 0.25) is 0 Å². The van der Waals surface area contributed by atoms with E-state index in [1.165, 1.54) is 12.8 Å². The molecule has 0 unspecified atom stereocenters. The summed E-state index contributed by atoms with van der Waals surface area (Å²) in [4.78, 5) is 0. The molecule has 0 saturated heterocycles. The van der Waals surface area contributed by atoms with Gasteiger partial charge < -0.3 is 5.73 Å². The highest BCUT2D eigenvalue weighted by Gasteiger charge is 2.25. The molecule has 3 heteroatoms. The van der Waals surface area contributed by atoms with Crippen molar-refractivity contribution in [2.45, 2.75) is 31.7 Å². The van der Waals surface area contributed by atoms with Gasteiger partial charge in [-0.25, -0.2) is 4.39 Å². The minimum Gasteiger partial charge on any atom is -0.324 e. The molecule has 0 aromatic heterocycles. The Bertz CT molecular complexity index is 347. The van der Waals surface area contributed by atoms with Crippen LogP contribution in [0.5, 0.6) is 0 Å². The first-order valence-electron chi connectivity index (χ1n) is 5.39. The molecule has 1 atom stereocenters. The van der Waals surface area contributed by atoms with Crippen molar-refractivity contribution in [3.05, 3.63) is 34.6 Å². The third-order valence-corrected chi connectivity index (χ3v) is 3.54. The fraction of sp³-hybridized carbons (Fsp3) is 0.500. The van der Waals surface area contributed by atoms with E-state index in [-0.39, 0.29) is 16.9 Å². The molecular weight excluding hydrogens is 213 g/mol. The molecule has 82 valence electrons. The molecule has 2 N–H and O–H groups in total. The van der Waals surface area contributed by atoms with Gasteiger partial charge in [0.05, 0.1) is 5.02 Å². The topological polar surface area (TPSA) is 26.0 Å². The van der Waals surface area contributed by atoms with Crippen molar-refractivity contribution in [2.75, 3.05) is 0 Å². The SMILES string of the molecule is N[C@@H](c1cccc(Cl)c1F)C1CCCC1. The third-order valence-electron chi connectivity index (χ3n) is 3.25. The minimum atomic E-state index is -0.349. The number of benzene rings is 1. The predicted octanol–water partition coefficient (Wildman–Crippen LogP) is 3.67. The van der Waals surface area contributed by atoms with E-state index >= 15 is 0 Å². The van der Waals surface area contributed by atoms with E-state index in [0.29, 0.717) is 11.5 Å². The van der Waals surface area contributed by atoms with E-state index < -0.39 is 0 Å². The van der Waals surface area contributed by atoms with E-state index in [9.17, 15) is 4.39 Å². The summed E-state index contributed by atoms with van der Waals surface area (Å²) in [6.45, 7) is 0. The fourth-order valence-corrected chi connectivity index (χ4v) is 2.53. The van der Waals surface area contributed by atoms with Gasteiger partial charge in [-0.2, -0.15) is 0 Å². The molecule has 2 rings (SSSR count). The zero-order valence-corrected chi connectivity index (χ0v) is 9.30. The molecule has 1 nitrogen and oxygen atoms in total. The van der Waals surface area contributed by atoms with E-state index in [1.54, 1.807) is 18.2 Å². The average molecular weight is 228 g/mol. The Balaban J connectivity index is 2.24. The Morgan fingerprint density at radius 1 is 1.33 bits per heavy atom. The van der Waals surface area contributed by atoms with Crippen molar-refractivity contribution >= 4 is 11.6 Å². The summed E-state index contributed by atoms with van der Waals surface area (Å²) in [5, 5.41) is 0.168. The van der Waals surface area contributed by atoms with Crippen LogP contribution in [-0.2, 0) is 0 Å². The zero-order chi connectivity index (χ0) is 10.8. The third kappa shape index (κ3) is 2.16. The van der Waals surface area contributed by atoms with Crippen molar-refractivity contribution in [1.29, 1.82) is 0 Å². The monoisotopic (exact) mass is 227 g/mol. The van der Waals surface area contributed by atoms with Crippen LogP contribution in [0.1, 0.15) is 37.3 Å². The fourth-order valence-electron chi connectivity index (χ4n) is 2.35. The lowest BCUT2D eigenvalue weighted by molar-refractivity contribution is 0.429. The lowest BCUT2D eigenvalue weighted by Gasteiger charge is -2.19. The van der Waals surface area contributed by atoms with Gasteiger partial charge in [-0.3, -0.25) is 0 Å². The van der Waals surface area contributed by atoms with Gasteiger partial charge in [-0.05, 0) is 24.8 Å². The van der Waals surface area contributed by atoms with Crippen LogP contribution in [0.2, 0.25) is 5.02 Å². The average Bonchev–Trinajstić information content (AvgIpc) is 2.74. The van der Waals surface area contributed by atoms with Crippen molar-refractivity contribution in [2.24, 2.45) is 11.7 Å². The summed E-state index contributed by atoms with van der Waals surface area (Å²) < 4.78 is 13.7. The summed E-state index contributed by atoms with van der Waals surface area (Å²) in [5.74, 6) is 0.0662. The maximum absolute atomic E-state index is 13.7. The van der Waals surface area contributed by atoms with Crippen LogP contribution in [0.3, 0.4) is 0 Å². The zero-order valence-electron chi connectivity index (χ0n) is 8.55. The van der Waals surface area contributed by atoms with Crippen LogP contribution in [0.4, 0.5) is 4.39 Å². The first-order chi connectivity index (χ1) is 7.20. The molecular formula is C12H15ClFN. The van der Waals surface area contributed by atoms with E-state index in [0.717, 1.165) is 12.8 Å². The number of hydrogen-bond acceptors (Lipinski definition) is 1. The Hall–Kier alpha value is -0.600. The lowest BCUT2D eigenvalue weighted by Crippen LogP contribution is -2.20. The second-order valence-corrected chi connectivity index (χ2v) is 4.62. The Kier molecular flexibility index (Phi) is 3.27. The highest BCUT2D eigenvalue weighted by atomic mass is 35.5. The molecule has 0 aliphatic heterocycles. The molecule has 0 amide bonds. The molecule has 1 saturated carbocycles. The molecule has 1 aromatic carbocycles. The molecule has 1 aliphatic rings. The highest BCUT2D eigenvalue weighted by Crippen LogP contribution is 2.35. The van der Waals surface area contributed by atoms with Crippen molar-refractivity contribution in [3.63, 3.8) is 0 Å². The van der Waals surface area contributed by atoms with Crippen LogP contribution in [-0.4, -0.2) is 0 Å². The summed E-state index contributed by atoms with van der Waals surface area (Å²) in [7, 11) is 0. The molecule has 1 fully saturated rings. The minimum absolute atomic E-state index is 0.168.